The molecule has 0 unspecified atom stereocenters. The molecule has 2 N–H and O–H groups in total. The van der Waals surface area contributed by atoms with Crippen LogP contribution in [0.3, 0.4) is 0 Å². The molecule has 2 aromatic heterocycles. The Hall–Kier alpha value is -3.09. The molecule has 3 rings (SSSR count). The van der Waals surface area contributed by atoms with Crippen LogP contribution in [-0.2, 0) is 29.3 Å². The first-order chi connectivity index (χ1) is 15.5. The lowest BCUT2D eigenvalue weighted by Crippen LogP contribution is -2.26. The van der Waals surface area contributed by atoms with Crippen molar-refractivity contribution in [2.24, 2.45) is 0 Å². The average Bonchev–Trinajstić information content (AvgIpc) is 2.78. The molecule has 0 aliphatic carbocycles. The van der Waals surface area contributed by atoms with Gasteiger partial charge in [-0.2, -0.15) is 13.2 Å². The minimum Gasteiger partial charge on any atom is -0.345 e. The molecule has 33 heavy (non-hydrogen) atoms. The van der Waals surface area contributed by atoms with Crippen LogP contribution in [-0.4, -0.2) is 24.3 Å². The van der Waals surface area contributed by atoms with E-state index >= 15 is 0 Å². The van der Waals surface area contributed by atoms with Gasteiger partial charge in [-0.25, -0.2) is 17.5 Å². The van der Waals surface area contributed by atoms with Crippen molar-refractivity contribution in [3.8, 4) is 0 Å². The summed E-state index contributed by atoms with van der Waals surface area (Å²) >= 11 is 5.61. The Balaban J connectivity index is 1.61. The average molecular weight is 503 g/mol. The minimum absolute atomic E-state index is 0.0867. The second-order valence-corrected chi connectivity index (χ2v) is 8.80. The highest BCUT2D eigenvalue weighted by Gasteiger charge is 2.33. The molecule has 0 saturated carbocycles. The molecule has 0 bridgehead atoms. The van der Waals surface area contributed by atoms with E-state index in [1.807, 2.05) is 0 Å². The SMILES string of the molecule is O=C(NCc1ncccc1C(F)(F)F)c1ccc(CNS(=O)(=O)c2ccc(F)c(Cl)c2)cn1. The molecule has 7 nitrogen and oxygen atoms in total. The molecule has 13 heteroatoms. The van der Waals surface area contributed by atoms with Gasteiger partial charge in [-0.15, -0.1) is 0 Å². The summed E-state index contributed by atoms with van der Waals surface area (Å²) in [5.74, 6) is -1.49. The van der Waals surface area contributed by atoms with E-state index in [0.717, 1.165) is 30.3 Å². The van der Waals surface area contributed by atoms with Gasteiger partial charge in [0.25, 0.3) is 5.91 Å². The van der Waals surface area contributed by atoms with Gasteiger partial charge in [-0.05, 0) is 42.0 Å². The van der Waals surface area contributed by atoms with E-state index in [1.54, 1.807) is 0 Å². The van der Waals surface area contributed by atoms with Gasteiger partial charge in [0.1, 0.15) is 11.5 Å². The van der Waals surface area contributed by atoms with Crippen LogP contribution in [0.15, 0.2) is 59.8 Å². The van der Waals surface area contributed by atoms with Crippen LogP contribution in [0.25, 0.3) is 0 Å². The fraction of sp³-hybridized carbons (Fsp3) is 0.150. The van der Waals surface area contributed by atoms with Crippen molar-refractivity contribution < 1.29 is 30.8 Å². The number of sulfonamides is 1. The Labute approximate surface area is 190 Å². The van der Waals surface area contributed by atoms with Crippen molar-refractivity contribution in [2.75, 3.05) is 0 Å². The van der Waals surface area contributed by atoms with Crippen LogP contribution in [0.5, 0.6) is 0 Å². The molecule has 1 amide bonds. The van der Waals surface area contributed by atoms with Crippen molar-refractivity contribution in [2.45, 2.75) is 24.2 Å². The first-order valence-electron chi connectivity index (χ1n) is 9.16. The van der Waals surface area contributed by atoms with Crippen LogP contribution in [0.1, 0.15) is 27.3 Å². The zero-order chi connectivity index (χ0) is 24.2. The third-order valence-electron chi connectivity index (χ3n) is 4.34. The number of amides is 1. The maximum atomic E-state index is 13.2. The van der Waals surface area contributed by atoms with Gasteiger partial charge in [0.05, 0.1) is 27.7 Å². The summed E-state index contributed by atoms with van der Waals surface area (Å²) in [6, 6.07) is 7.67. The highest BCUT2D eigenvalue weighted by Crippen LogP contribution is 2.30. The summed E-state index contributed by atoms with van der Waals surface area (Å²) in [4.78, 5) is 19.5. The zero-order valence-electron chi connectivity index (χ0n) is 16.5. The number of aromatic nitrogens is 2. The Morgan fingerprint density at radius 2 is 1.82 bits per heavy atom. The maximum absolute atomic E-state index is 13.2. The summed E-state index contributed by atoms with van der Waals surface area (Å²) in [5.41, 5.74) is -0.988. The molecule has 0 fully saturated rings. The molecular formula is C20H15ClF4N4O3S. The van der Waals surface area contributed by atoms with E-state index in [0.29, 0.717) is 5.56 Å². The summed E-state index contributed by atoms with van der Waals surface area (Å²) in [6.45, 7) is -0.646. The number of nitrogens with one attached hydrogen (secondary N) is 2. The zero-order valence-corrected chi connectivity index (χ0v) is 18.1. The number of benzene rings is 1. The molecule has 0 aliphatic heterocycles. The lowest BCUT2D eigenvalue weighted by Gasteiger charge is -2.12. The number of hydrogen-bond donors (Lipinski definition) is 2. The molecule has 3 aromatic rings. The molecule has 0 atom stereocenters. The number of carbonyl (C=O) groups is 1. The second-order valence-electron chi connectivity index (χ2n) is 6.63. The topological polar surface area (TPSA) is 101 Å². The van der Waals surface area contributed by atoms with Gasteiger partial charge in [-0.1, -0.05) is 17.7 Å². The lowest BCUT2D eigenvalue weighted by molar-refractivity contribution is -0.138. The van der Waals surface area contributed by atoms with Crippen LogP contribution >= 0.6 is 11.6 Å². The van der Waals surface area contributed by atoms with Crippen LogP contribution < -0.4 is 10.0 Å². The van der Waals surface area contributed by atoms with Gasteiger partial charge in [0.2, 0.25) is 10.0 Å². The van der Waals surface area contributed by atoms with Crippen LogP contribution in [0.4, 0.5) is 17.6 Å². The van der Waals surface area contributed by atoms with Crippen molar-refractivity contribution in [1.29, 1.82) is 0 Å². The van der Waals surface area contributed by atoms with Gasteiger partial charge >= 0.3 is 6.18 Å². The van der Waals surface area contributed by atoms with E-state index in [2.05, 4.69) is 20.0 Å². The van der Waals surface area contributed by atoms with Gasteiger partial charge in [0, 0.05) is 18.9 Å². The molecule has 2 heterocycles. The van der Waals surface area contributed by atoms with E-state index in [4.69, 9.17) is 11.6 Å². The third-order valence-corrected chi connectivity index (χ3v) is 6.03. The quantitative estimate of drug-likeness (QED) is 0.480. The van der Waals surface area contributed by atoms with Gasteiger partial charge in [-0.3, -0.25) is 14.8 Å². The summed E-state index contributed by atoms with van der Waals surface area (Å²) < 4.78 is 79.1. The molecule has 0 aliphatic rings. The Bertz CT molecular complexity index is 1270. The number of halogens is 5. The van der Waals surface area contributed by atoms with Crippen LogP contribution in [0.2, 0.25) is 5.02 Å². The number of carbonyl (C=O) groups excluding carboxylic acids is 1. The molecular weight excluding hydrogens is 488 g/mol. The van der Waals surface area contributed by atoms with Crippen molar-refractivity contribution >= 4 is 27.5 Å². The minimum atomic E-state index is -4.61. The molecule has 174 valence electrons. The smallest absolute Gasteiger partial charge is 0.345 e. The fourth-order valence-electron chi connectivity index (χ4n) is 2.66. The standard InChI is InChI=1S/C20H15ClF4N4O3S/c21-15-8-13(4-5-16(15)22)33(31,32)29-10-12-3-6-17(27-9-12)19(30)28-11-18-14(20(23,24)25)2-1-7-26-18/h1-9,29H,10-11H2,(H,28,30). The van der Waals surface area contributed by atoms with Crippen LogP contribution in [0, 0.1) is 5.82 Å². The molecule has 0 radical (unpaired) electrons. The lowest BCUT2D eigenvalue weighted by atomic mass is 10.2. The van der Waals surface area contributed by atoms with E-state index in [-0.39, 0.29) is 27.9 Å². The summed E-state index contributed by atoms with van der Waals surface area (Å²) in [7, 11) is -3.99. The number of nitrogens with zero attached hydrogens (tertiary/aromatic N) is 2. The Kier molecular flexibility index (Phi) is 7.30. The normalized spacial score (nSPS) is 11.9. The summed E-state index contributed by atoms with van der Waals surface area (Å²) in [5, 5.41) is 1.97. The Morgan fingerprint density at radius 3 is 2.45 bits per heavy atom. The highest BCUT2D eigenvalue weighted by molar-refractivity contribution is 7.89. The summed E-state index contributed by atoms with van der Waals surface area (Å²) in [6.07, 6.45) is -2.19. The maximum Gasteiger partial charge on any atom is 0.418 e. The van der Waals surface area contributed by atoms with Crippen molar-refractivity contribution in [1.82, 2.24) is 20.0 Å². The second kappa shape index (κ2) is 9.81. The molecule has 0 spiro atoms. The molecule has 0 saturated heterocycles. The fourth-order valence-corrected chi connectivity index (χ4v) is 3.95. The highest BCUT2D eigenvalue weighted by atomic mass is 35.5. The Morgan fingerprint density at radius 1 is 1.06 bits per heavy atom. The molecule has 1 aromatic carbocycles. The number of rotatable bonds is 7. The van der Waals surface area contributed by atoms with E-state index in [1.165, 1.54) is 24.5 Å². The van der Waals surface area contributed by atoms with E-state index < -0.39 is 40.0 Å². The third kappa shape index (κ3) is 6.24. The van der Waals surface area contributed by atoms with Crippen molar-refractivity contribution in [3.05, 3.63) is 88.2 Å². The van der Waals surface area contributed by atoms with Gasteiger partial charge < -0.3 is 5.32 Å². The van der Waals surface area contributed by atoms with E-state index in [9.17, 15) is 30.8 Å². The number of hydrogen-bond acceptors (Lipinski definition) is 5. The number of pyridine rings is 2. The largest absolute Gasteiger partial charge is 0.418 e. The van der Waals surface area contributed by atoms with Gasteiger partial charge in [0.15, 0.2) is 0 Å². The number of alkyl halides is 3. The first kappa shape index (κ1) is 24.6. The first-order valence-corrected chi connectivity index (χ1v) is 11.0. The van der Waals surface area contributed by atoms with Crippen molar-refractivity contribution in [3.63, 3.8) is 0 Å². The monoisotopic (exact) mass is 502 g/mol. The predicted octanol–water partition coefficient (Wildman–Crippen LogP) is 3.70. The predicted molar refractivity (Wildman–Crippen MR) is 110 cm³/mol.